The molecule has 1 N–H and O–H groups in total. The molecule has 32 heavy (non-hydrogen) atoms. The first-order valence-electron chi connectivity index (χ1n) is 11.9. The van der Waals surface area contributed by atoms with E-state index in [1.165, 1.54) is 6.08 Å². The number of Topliss-reactive ketones (excluding diaryl/α,β-unsaturated/α-hetero) is 1. The van der Waals surface area contributed by atoms with Gasteiger partial charge in [0, 0.05) is 12.0 Å². The molecule has 0 aromatic heterocycles. The summed E-state index contributed by atoms with van der Waals surface area (Å²) >= 11 is 0. The van der Waals surface area contributed by atoms with Crippen LogP contribution in [0.25, 0.3) is 0 Å². The van der Waals surface area contributed by atoms with Gasteiger partial charge in [0.2, 0.25) is 0 Å². The maximum Gasteiger partial charge on any atom is 0.331 e. The second kappa shape index (κ2) is 10.8. The Kier molecular flexibility index (Phi) is 8.86. The maximum atomic E-state index is 13.4. The van der Waals surface area contributed by atoms with Crippen LogP contribution in [0, 0.1) is 35.5 Å². The number of fused-ring (bicyclic) bond motifs is 1. The van der Waals surface area contributed by atoms with Crippen LogP contribution in [0.15, 0.2) is 23.8 Å². The van der Waals surface area contributed by atoms with Gasteiger partial charge in [-0.25, -0.2) is 4.79 Å². The molecular formula is C26H40O6. The predicted molar refractivity (Wildman–Crippen MR) is 123 cm³/mol. The lowest BCUT2D eigenvalue weighted by Crippen LogP contribution is -2.45. The second-order valence-corrected chi connectivity index (χ2v) is 9.93. The zero-order chi connectivity index (χ0) is 24.3. The Morgan fingerprint density at radius 2 is 1.81 bits per heavy atom. The summed E-state index contributed by atoms with van der Waals surface area (Å²) in [6.45, 7) is 17.5. The number of hydrogen-bond acceptors (Lipinski definition) is 6. The van der Waals surface area contributed by atoms with Crippen LogP contribution >= 0.6 is 0 Å². The molecule has 2 aliphatic rings. The van der Waals surface area contributed by atoms with Gasteiger partial charge in [-0.1, -0.05) is 46.8 Å². The van der Waals surface area contributed by atoms with E-state index in [-0.39, 0.29) is 29.5 Å². The van der Waals surface area contributed by atoms with E-state index in [9.17, 15) is 19.5 Å². The summed E-state index contributed by atoms with van der Waals surface area (Å²) in [6, 6.07) is 0. The van der Waals surface area contributed by atoms with E-state index in [4.69, 9.17) is 9.47 Å². The highest BCUT2D eigenvalue weighted by atomic mass is 16.6. The first kappa shape index (κ1) is 26.3. The smallest absolute Gasteiger partial charge is 0.331 e. The lowest BCUT2D eigenvalue weighted by Gasteiger charge is -2.44. The third-order valence-corrected chi connectivity index (χ3v) is 7.40. The number of ketones is 1. The van der Waals surface area contributed by atoms with Gasteiger partial charge in [-0.3, -0.25) is 9.59 Å². The minimum Gasteiger partial charge on any atom is -0.455 e. The highest BCUT2D eigenvalue weighted by molar-refractivity contribution is 5.92. The van der Waals surface area contributed by atoms with Crippen molar-refractivity contribution in [3.8, 4) is 0 Å². The average molecular weight is 449 g/mol. The van der Waals surface area contributed by atoms with Crippen LogP contribution in [-0.2, 0) is 23.9 Å². The highest BCUT2D eigenvalue weighted by Gasteiger charge is 2.60. The van der Waals surface area contributed by atoms with Crippen LogP contribution in [0.3, 0.4) is 0 Å². The number of hydrogen-bond donors (Lipinski definition) is 1. The molecule has 0 aromatic rings. The Morgan fingerprint density at radius 3 is 2.31 bits per heavy atom. The molecule has 0 amide bonds. The van der Waals surface area contributed by atoms with Crippen molar-refractivity contribution in [2.24, 2.45) is 35.5 Å². The van der Waals surface area contributed by atoms with Crippen molar-refractivity contribution in [2.75, 3.05) is 0 Å². The Labute approximate surface area is 192 Å². The fraction of sp³-hybridized carbons (Fsp3) is 0.731. The Balaban J connectivity index is 2.44. The molecule has 0 spiro atoms. The molecule has 2 fully saturated rings. The van der Waals surface area contributed by atoms with E-state index in [2.05, 4.69) is 20.4 Å². The Bertz CT molecular complexity index is 764. The average Bonchev–Trinajstić information content (AvgIpc) is 3.01. The van der Waals surface area contributed by atoms with E-state index in [0.717, 1.165) is 12.0 Å². The first-order chi connectivity index (χ1) is 14.9. The molecule has 1 unspecified atom stereocenters. The third-order valence-electron chi connectivity index (χ3n) is 7.40. The van der Waals surface area contributed by atoms with Gasteiger partial charge >= 0.3 is 11.9 Å². The van der Waals surface area contributed by atoms with E-state index < -0.39 is 42.1 Å². The molecule has 180 valence electrons. The normalized spacial score (nSPS) is 32.5. The molecule has 0 aromatic carbocycles. The van der Waals surface area contributed by atoms with Crippen LogP contribution in [0.2, 0.25) is 0 Å². The molecule has 0 radical (unpaired) electrons. The molecule has 0 saturated heterocycles. The number of rotatable bonds is 8. The van der Waals surface area contributed by atoms with Crippen molar-refractivity contribution in [3.63, 3.8) is 0 Å². The molecule has 0 heterocycles. The van der Waals surface area contributed by atoms with Crippen molar-refractivity contribution in [1.82, 2.24) is 0 Å². The summed E-state index contributed by atoms with van der Waals surface area (Å²) in [5.74, 6) is -2.59. The van der Waals surface area contributed by atoms with Crippen molar-refractivity contribution < 1.29 is 29.0 Å². The van der Waals surface area contributed by atoms with Crippen LogP contribution in [0.1, 0.15) is 67.7 Å². The molecule has 2 rings (SSSR count). The third kappa shape index (κ3) is 5.33. The quantitative estimate of drug-likeness (QED) is 0.339. The van der Waals surface area contributed by atoms with Gasteiger partial charge in [0.15, 0.2) is 11.9 Å². The summed E-state index contributed by atoms with van der Waals surface area (Å²) in [4.78, 5) is 38.5. The fourth-order valence-corrected chi connectivity index (χ4v) is 5.14. The van der Waals surface area contributed by atoms with Gasteiger partial charge in [0.25, 0.3) is 0 Å². The van der Waals surface area contributed by atoms with Gasteiger partial charge in [0.05, 0.1) is 17.9 Å². The second-order valence-electron chi connectivity index (χ2n) is 9.93. The Morgan fingerprint density at radius 1 is 1.19 bits per heavy atom. The van der Waals surface area contributed by atoms with Crippen molar-refractivity contribution in [3.05, 3.63) is 23.8 Å². The molecule has 0 bridgehead atoms. The van der Waals surface area contributed by atoms with Crippen LogP contribution in [0.5, 0.6) is 0 Å². The standard InChI is InChI=1S/C26H40O6/c1-9-14(5)11-20(28)31-19-12-18(13(3)4)23-21(16(19)7)25(24(29)22(23)17(8)27)32-26(30)15(6)10-2/h11,13,15,17-19,21-23,25,27H,7,9-10,12H2,1-6,8H3/b14-11+/t15?,17-,18+,19-,21+,22-,23+,25+/m1/s1. The number of aliphatic hydroxyl groups is 1. The first-order valence-corrected chi connectivity index (χ1v) is 11.9. The van der Waals surface area contributed by atoms with Gasteiger partial charge in [-0.05, 0) is 56.4 Å². The molecular weight excluding hydrogens is 408 g/mol. The SMILES string of the molecule is C=C1[C@H]2[C@@H]([C@@H]([C@@H](C)O)C(=O)[C@H]2OC(=O)C(C)CC)[C@H](C(C)C)C[C@H]1OC(=O)/C=C(\C)CC. The largest absolute Gasteiger partial charge is 0.455 e. The number of ether oxygens (including phenoxy) is 2. The number of allylic oxidation sites excluding steroid dienone is 1. The van der Waals surface area contributed by atoms with Gasteiger partial charge < -0.3 is 14.6 Å². The van der Waals surface area contributed by atoms with Gasteiger partial charge in [0.1, 0.15) is 6.10 Å². The summed E-state index contributed by atoms with van der Waals surface area (Å²) in [5, 5.41) is 10.5. The summed E-state index contributed by atoms with van der Waals surface area (Å²) in [5.41, 5.74) is 1.52. The van der Waals surface area contributed by atoms with Crippen molar-refractivity contribution >= 4 is 17.7 Å². The minimum atomic E-state index is -1.01. The zero-order valence-corrected chi connectivity index (χ0v) is 20.6. The lowest BCUT2D eigenvalue weighted by molar-refractivity contribution is -0.161. The number of esters is 2. The van der Waals surface area contributed by atoms with Crippen LogP contribution in [-0.4, -0.2) is 41.1 Å². The van der Waals surface area contributed by atoms with Gasteiger partial charge in [-0.15, -0.1) is 0 Å². The van der Waals surface area contributed by atoms with E-state index >= 15 is 0 Å². The van der Waals surface area contributed by atoms with Gasteiger partial charge in [-0.2, -0.15) is 0 Å². The summed E-state index contributed by atoms with van der Waals surface area (Å²) < 4.78 is 11.5. The number of carbonyl (C=O) groups excluding carboxylic acids is 3. The summed E-state index contributed by atoms with van der Waals surface area (Å²) in [6.07, 6.45) is 0.926. The lowest BCUT2D eigenvalue weighted by atomic mass is 9.63. The molecule has 2 aliphatic carbocycles. The monoisotopic (exact) mass is 448 g/mol. The molecule has 2 saturated carbocycles. The minimum absolute atomic E-state index is 0.00963. The fourth-order valence-electron chi connectivity index (χ4n) is 5.14. The van der Waals surface area contributed by atoms with E-state index in [1.807, 2.05) is 20.8 Å². The molecule has 6 heteroatoms. The van der Waals surface area contributed by atoms with E-state index in [1.54, 1.807) is 13.8 Å². The van der Waals surface area contributed by atoms with Crippen molar-refractivity contribution in [2.45, 2.75) is 86.0 Å². The maximum absolute atomic E-state index is 13.4. The van der Waals surface area contributed by atoms with E-state index in [0.29, 0.717) is 18.4 Å². The molecule has 6 nitrogen and oxygen atoms in total. The van der Waals surface area contributed by atoms with Crippen molar-refractivity contribution in [1.29, 1.82) is 0 Å². The number of carbonyl (C=O) groups is 3. The van der Waals surface area contributed by atoms with Crippen LogP contribution in [0.4, 0.5) is 0 Å². The summed E-state index contributed by atoms with van der Waals surface area (Å²) in [7, 11) is 0. The number of aliphatic hydroxyl groups excluding tert-OH is 1. The predicted octanol–water partition coefficient (Wildman–Crippen LogP) is 4.26. The van der Waals surface area contributed by atoms with Crippen LogP contribution < -0.4 is 0 Å². The molecule has 0 aliphatic heterocycles. The molecule has 8 atom stereocenters. The Hall–Kier alpha value is -1.95. The topological polar surface area (TPSA) is 89.9 Å². The zero-order valence-electron chi connectivity index (χ0n) is 20.6. The highest BCUT2D eigenvalue weighted by Crippen LogP contribution is 2.54.